The highest BCUT2D eigenvalue weighted by Crippen LogP contribution is 2.43. The predicted octanol–water partition coefficient (Wildman–Crippen LogP) is 4.07. The molecule has 4 heteroatoms. The van der Waals surface area contributed by atoms with E-state index in [0.29, 0.717) is 11.1 Å². The molecule has 1 aliphatic heterocycles. The van der Waals surface area contributed by atoms with Crippen LogP contribution in [0.3, 0.4) is 0 Å². The Hall–Kier alpha value is -2.43. The molecule has 1 amide bonds. The number of rotatable bonds is 2. The Kier molecular flexibility index (Phi) is 3.06. The maximum Gasteiger partial charge on any atom is 0.261 e. The van der Waals surface area contributed by atoms with Crippen molar-refractivity contribution in [2.75, 3.05) is 4.90 Å². The van der Waals surface area contributed by atoms with E-state index in [0.717, 1.165) is 16.1 Å². The number of amides is 1. The molecule has 3 nitrogen and oxygen atoms in total. The number of aliphatic hydroxyl groups excluding tert-OH is 1. The summed E-state index contributed by atoms with van der Waals surface area (Å²) in [6.45, 7) is 0. The Labute approximate surface area is 132 Å². The van der Waals surface area contributed by atoms with E-state index in [4.69, 9.17) is 0 Å². The fraction of sp³-hybridized carbons (Fsp3) is 0.0556. The molecule has 1 aliphatic rings. The van der Waals surface area contributed by atoms with Crippen LogP contribution >= 0.6 is 11.3 Å². The number of aliphatic hydroxyl groups is 1. The quantitative estimate of drug-likeness (QED) is 0.775. The van der Waals surface area contributed by atoms with Crippen LogP contribution in [0.15, 0.2) is 66.0 Å². The first-order valence-corrected chi connectivity index (χ1v) is 7.89. The number of fused-ring (bicyclic) bond motifs is 1. The molecule has 4 rings (SSSR count). The fourth-order valence-electron chi connectivity index (χ4n) is 2.84. The highest BCUT2D eigenvalue weighted by Gasteiger charge is 2.37. The van der Waals surface area contributed by atoms with Gasteiger partial charge >= 0.3 is 0 Å². The van der Waals surface area contributed by atoms with E-state index in [2.05, 4.69) is 0 Å². The molecule has 0 spiro atoms. The highest BCUT2D eigenvalue weighted by atomic mass is 32.1. The zero-order chi connectivity index (χ0) is 15.1. The molecule has 1 unspecified atom stereocenters. The summed E-state index contributed by atoms with van der Waals surface area (Å²) >= 11 is 1.57. The van der Waals surface area contributed by atoms with Crippen molar-refractivity contribution in [2.45, 2.75) is 6.23 Å². The molecule has 1 N–H and O–H groups in total. The van der Waals surface area contributed by atoms with Gasteiger partial charge in [-0.1, -0.05) is 48.5 Å². The molecule has 0 saturated heterocycles. The number of anilines is 1. The Morgan fingerprint density at radius 1 is 0.955 bits per heavy atom. The lowest BCUT2D eigenvalue weighted by Gasteiger charge is -2.21. The second-order valence-corrected chi connectivity index (χ2v) is 6.05. The summed E-state index contributed by atoms with van der Waals surface area (Å²) in [5.74, 6) is -0.154. The SMILES string of the molecule is O=C1c2ccccc2C(O)N1c1ccsc1-c1ccccc1. The normalized spacial score (nSPS) is 16.9. The minimum Gasteiger partial charge on any atom is -0.369 e. The smallest absolute Gasteiger partial charge is 0.261 e. The molecule has 0 bridgehead atoms. The molecule has 2 heterocycles. The molecule has 1 atom stereocenters. The first kappa shape index (κ1) is 13.2. The Morgan fingerprint density at radius 3 is 2.45 bits per heavy atom. The van der Waals surface area contributed by atoms with Crippen molar-refractivity contribution >= 4 is 22.9 Å². The molecule has 0 saturated carbocycles. The van der Waals surface area contributed by atoms with Crippen molar-refractivity contribution in [3.05, 3.63) is 77.2 Å². The molecule has 22 heavy (non-hydrogen) atoms. The van der Waals surface area contributed by atoms with E-state index in [9.17, 15) is 9.90 Å². The first-order valence-electron chi connectivity index (χ1n) is 7.01. The van der Waals surface area contributed by atoms with Crippen molar-refractivity contribution in [1.82, 2.24) is 0 Å². The van der Waals surface area contributed by atoms with Gasteiger partial charge in [0.15, 0.2) is 6.23 Å². The van der Waals surface area contributed by atoms with Crippen molar-refractivity contribution in [2.24, 2.45) is 0 Å². The summed E-state index contributed by atoms with van der Waals surface area (Å²) in [6, 6.07) is 19.0. The Balaban J connectivity index is 1.82. The third kappa shape index (κ3) is 1.89. The molecular weight excluding hydrogens is 294 g/mol. The number of hydrogen-bond acceptors (Lipinski definition) is 3. The van der Waals surface area contributed by atoms with Crippen molar-refractivity contribution in [1.29, 1.82) is 0 Å². The number of nitrogens with zero attached hydrogens (tertiary/aromatic N) is 1. The van der Waals surface area contributed by atoms with Crippen molar-refractivity contribution < 1.29 is 9.90 Å². The van der Waals surface area contributed by atoms with Crippen LogP contribution in [0.5, 0.6) is 0 Å². The van der Waals surface area contributed by atoms with Gasteiger partial charge in [-0.3, -0.25) is 9.69 Å². The van der Waals surface area contributed by atoms with E-state index in [1.54, 1.807) is 23.5 Å². The van der Waals surface area contributed by atoms with Gasteiger partial charge in [0.1, 0.15) is 0 Å². The van der Waals surface area contributed by atoms with E-state index in [1.165, 1.54) is 4.90 Å². The van der Waals surface area contributed by atoms with E-state index in [1.807, 2.05) is 53.9 Å². The van der Waals surface area contributed by atoms with Gasteiger partial charge < -0.3 is 5.11 Å². The summed E-state index contributed by atoms with van der Waals surface area (Å²) in [5.41, 5.74) is 3.03. The van der Waals surface area contributed by atoms with Gasteiger partial charge in [0, 0.05) is 11.1 Å². The fourth-order valence-corrected chi connectivity index (χ4v) is 3.73. The van der Waals surface area contributed by atoms with Crippen LogP contribution in [-0.4, -0.2) is 11.0 Å². The Morgan fingerprint density at radius 2 is 1.68 bits per heavy atom. The largest absolute Gasteiger partial charge is 0.369 e. The van der Waals surface area contributed by atoms with E-state index in [-0.39, 0.29) is 5.91 Å². The lowest BCUT2D eigenvalue weighted by Crippen LogP contribution is -2.27. The number of carbonyl (C=O) groups is 1. The second kappa shape index (κ2) is 5.09. The summed E-state index contributed by atoms with van der Waals surface area (Å²) in [4.78, 5) is 15.1. The molecule has 3 aromatic rings. The topological polar surface area (TPSA) is 40.5 Å². The van der Waals surface area contributed by atoms with Crippen LogP contribution in [0.2, 0.25) is 0 Å². The highest BCUT2D eigenvalue weighted by molar-refractivity contribution is 7.14. The predicted molar refractivity (Wildman–Crippen MR) is 88.0 cm³/mol. The Bertz CT molecular complexity index is 841. The van der Waals surface area contributed by atoms with E-state index < -0.39 is 6.23 Å². The van der Waals surface area contributed by atoms with Gasteiger partial charge in [-0.25, -0.2) is 0 Å². The zero-order valence-corrected chi connectivity index (χ0v) is 12.5. The van der Waals surface area contributed by atoms with E-state index >= 15 is 0 Å². The minimum absolute atomic E-state index is 0.154. The zero-order valence-electron chi connectivity index (χ0n) is 11.6. The maximum atomic E-state index is 12.7. The van der Waals surface area contributed by atoms with Crippen LogP contribution in [-0.2, 0) is 0 Å². The van der Waals surface area contributed by atoms with Crippen LogP contribution in [0, 0.1) is 0 Å². The van der Waals surface area contributed by atoms with Gasteiger partial charge in [-0.05, 0) is 23.1 Å². The third-order valence-corrected chi connectivity index (χ3v) is 4.83. The number of thiophene rings is 1. The molecule has 2 aromatic carbocycles. The average Bonchev–Trinajstić information content (AvgIpc) is 3.13. The van der Waals surface area contributed by atoms with Gasteiger partial charge in [-0.2, -0.15) is 0 Å². The number of benzene rings is 2. The van der Waals surface area contributed by atoms with Gasteiger partial charge in [0.05, 0.1) is 10.6 Å². The monoisotopic (exact) mass is 307 g/mol. The van der Waals surface area contributed by atoms with Gasteiger partial charge in [-0.15, -0.1) is 11.3 Å². The average molecular weight is 307 g/mol. The van der Waals surface area contributed by atoms with Crippen molar-refractivity contribution in [3.8, 4) is 10.4 Å². The first-order chi connectivity index (χ1) is 10.8. The third-order valence-electron chi connectivity index (χ3n) is 3.87. The van der Waals surface area contributed by atoms with Crippen LogP contribution < -0.4 is 4.90 Å². The lowest BCUT2D eigenvalue weighted by molar-refractivity contribution is 0.0935. The molecule has 108 valence electrons. The number of carbonyl (C=O) groups excluding carboxylic acids is 1. The summed E-state index contributed by atoms with van der Waals surface area (Å²) < 4.78 is 0. The van der Waals surface area contributed by atoms with Gasteiger partial charge in [0.25, 0.3) is 5.91 Å². The second-order valence-electron chi connectivity index (χ2n) is 5.14. The maximum absolute atomic E-state index is 12.7. The molecule has 1 aromatic heterocycles. The lowest BCUT2D eigenvalue weighted by atomic mass is 10.1. The molecule has 0 radical (unpaired) electrons. The molecule has 0 aliphatic carbocycles. The van der Waals surface area contributed by atoms with Crippen LogP contribution in [0.25, 0.3) is 10.4 Å². The summed E-state index contributed by atoms with van der Waals surface area (Å²) in [5, 5.41) is 12.5. The number of hydrogen-bond donors (Lipinski definition) is 1. The van der Waals surface area contributed by atoms with Gasteiger partial charge in [0.2, 0.25) is 0 Å². The summed E-state index contributed by atoms with van der Waals surface area (Å²) in [6.07, 6.45) is -0.930. The summed E-state index contributed by atoms with van der Waals surface area (Å²) in [7, 11) is 0. The molecule has 0 fully saturated rings. The van der Waals surface area contributed by atoms with Crippen LogP contribution in [0.4, 0.5) is 5.69 Å². The standard InChI is InChI=1S/C18H13NO2S/c20-17-13-8-4-5-9-14(13)18(21)19(17)15-10-11-22-16(15)12-6-2-1-3-7-12/h1-11,17,20H. The molecular formula is C18H13NO2S. The van der Waals surface area contributed by atoms with Crippen LogP contribution in [0.1, 0.15) is 22.1 Å². The van der Waals surface area contributed by atoms with Crippen molar-refractivity contribution in [3.63, 3.8) is 0 Å². The minimum atomic E-state index is -0.930.